The second-order valence-electron chi connectivity index (χ2n) is 4.53. The van der Waals surface area contributed by atoms with Crippen molar-refractivity contribution in [2.45, 2.75) is 11.8 Å². The van der Waals surface area contributed by atoms with Gasteiger partial charge in [-0.25, -0.2) is 13.2 Å². The number of aliphatic carboxylic acids is 1. The number of carbonyl (C=O) groups excluding carboxylic acids is 1. The van der Waals surface area contributed by atoms with E-state index in [0.29, 0.717) is 11.4 Å². The molecule has 0 fully saturated rings. The number of carboxylic acid groups (broad SMARTS) is 1. The Morgan fingerprint density at radius 2 is 1.91 bits per heavy atom. The maximum absolute atomic E-state index is 12.1. The predicted octanol–water partition coefficient (Wildman–Crippen LogP) is 0.849. The zero-order valence-corrected chi connectivity index (χ0v) is 12.8. The lowest BCUT2D eigenvalue weighted by Gasteiger charge is -2.07. The van der Waals surface area contributed by atoms with E-state index in [-0.39, 0.29) is 10.7 Å². The van der Waals surface area contributed by atoms with Crippen molar-refractivity contribution in [3.8, 4) is 0 Å². The van der Waals surface area contributed by atoms with Gasteiger partial charge in [0.2, 0.25) is 0 Å². The van der Waals surface area contributed by atoms with Gasteiger partial charge >= 0.3 is 5.97 Å². The van der Waals surface area contributed by atoms with Gasteiger partial charge in [0.05, 0.1) is 11.4 Å². The van der Waals surface area contributed by atoms with Crippen molar-refractivity contribution in [3.05, 3.63) is 36.1 Å². The average molecular weight is 339 g/mol. The van der Waals surface area contributed by atoms with E-state index in [4.69, 9.17) is 9.63 Å². The number of nitrogens with zero attached hydrogens (tertiary/aromatic N) is 1. The summed E-state index contributed by atoms with van der Waals surface area (Å²) >= 11 is 0. The van der Waals surface area contributed by atoms with E-state index in [1.807, 2.05) is 0 Å². The summed E-state index contributed by atoms with van der Waals surface area (Å²) in [5.41, 5.74) is 0.413. The van der Waals surface area contributed by atoms with Crippen molar-refractivity contribution >= 4 is 33.3 Å². The number of ketones is 1. The molecular weight excluding hydrogens is 326 g/mol. The van der Waals surface area contributed by atoms with Gasteiger partial charge in [-0.2, -0.15) is 0 Å². The number of benzene rings is 1. The monoisotopic (exact) mass is 339 g/mol. The zero-order chi connectivity index (χ0) is 17.0. The number of nitrogens with one attached hydrogen (secondary N) is 2. The number of rotatable bonds is 7. The molecule has 0 bridgehead atoms. The Morgan fingerprint density at radius 3 is 2.43 bits per heavy atom. The van der Waals surface area contributed by atoms with E-state index in [1.54, 1.807) is 6.92 Å². The second kappa shape index (κ2) is 6.48. The van der Waals surface area contributed by atoms with E-state index in [2.05, 4.69) is 15.2 Å². The Labute approximate surface area is 131 Å². The van der Waals surface area contributed by atoms with E-state index in [0.717, 1.165) is 0 Å². The molecule has 2 rings (SSSR count). The quantitative estimate of drug-likeness (QED) is 0.631. The molecule has 1 heterocycles. The number of hydrogen-bond donors (Lipinski definition) is 3. The van der Waals surface area contributed by atoms with Crippen LogP contribution in [-0.4, -0.2) is 37.0 Å². The summed E-state index contributed by atoms with van der Waals surface area (Å²) in [6.45, 7) is 1.24. The van der Waals surface area contributed by atoms with Crippen LogP contribution in [0.3, 0.4) is 0 Å². The minimum absolute atomic E-state index is 0.0201. The van der Waals surface area contributed by atoms with Crippen molar-refractivity contribution in [2.24, 2.45) is 0 Å². The minimum Gasteiger partial charge on any atom is -0.475 e. The Bertz CT molecular complexity index is 826. The summed E-state index contributed by atoms with van der Waals surface area (Å²) in [7, 11) is -3.82. The summed E-state index contributed by atoms with van der Waals surface area (Å²) in [5, 5.41) is 14.6. The van der Waals surface area contributed by atoms with Crippen LogP contribution in [0.25, 0.3) is 0 Å². The molecule has 0 aliphatic heterocycles. The molecule has 0 unspecified atom stereocenters. The van der Waals surface area contributed by atoms with Crippen molar-refractivity contribution in [3.63, 3.8) is 0 Å². The summed E-state index contributed by atoms with van der Waals surface area (Å²) in [5.74, 6) is -2.00. The van der Waals surface area contributed by atoms with Gasteiger partial charge in [-0.3, -0.25) is 9.52 Å². The standard InChI is InChI=1S/C13H13N3O6S/c1-8-6-12(15-22-8)16-23(20,21)10-4-2-9(3-5-10)14-7-11(17)13(18)19/h2-6,14H,7H2,1H3,(H,15,16)(H,18,19). The molecule has 1 aromatic heterocycles. The second-order valence-corrected chi connectivity index (χ2v) is 6.22. The van der Waals surface area contributed by atoms with Crippen LogP contribution in [0.1, 0.15) is 5.76 Å². The fourth-order valence-corrected chi connectivity index (χ4v) is 2.60. The van der Waals surface area contributed by atoms with E-state index in [1.165, 1.54) is 30.3 Å². The molecule has 122 valence electrons. The summed E-state index contributed by atoms with van der Waals surface area (Å²) in [6.07, 6.45) is 0. The number of carbonyl (C=O) groups is 2. The lowest BCUT2D eigenvalue weighted by Crippen LogP contribution is -2.22. The maximum atomic E-state index is 12.1. The molecule has 0 amide bonds. The molecule has 0 saturated heterocycles. The van der Waals surface area contributed by atoms with E-state index >= 15 is 0 Å². The Morgan fingerprint density at radius 1 is 1.26 bits per heavy atom. The first-order chi connectivity index (χ1) is 10.8. The van der Waals surface area contributed by atoms with Gasteiger partial charge in [-0.1, -0.05) is 5.16 Å². The highest BCUT2D eigenvalue weighted by Crippen LogP contribution is 2.18. The highest BCUT2D eigenvalue weighted by atomic mass is 32.2. The SMILES string of the molecule is Cc1cc(NS(=O)(=O)c2ccc(NCC(=O)C(=O)O)cc2)no1. The van der Waals surface area contributed by atoms with Crippen molar-refractivity contribution in [1.82, 2.24) is 5.16 Å². The predicted molar refractivity (Wildman–Crippen MR) is 79.6 cm³/mol. The van der Waals surface area contributed by atoms with Gasteiger partial charge in [0, 0.05) is 11.8 Å². The molecule has 23 heavy (non-hydrogen) atoms. The van der Waals surface area contributed by atoms with Crippen LogP contribution >= 0.6 is 0 Å². The first-order valence-corrected chi connectivity index (χ1v) is 7.82. The summed E-state index contributed by atoms with van der Waals surface area (Å²) < 4.78 is 31.3. The van der Waals surface area contributed by atoms with Gasteiger partial charge in [-0.15, -0.1) is 0 Å². The third kappa shape index (κ3) is 4.30. The average Bonchev–Trinajstić information content (AvgIpc) is 2.89. The highest BCUT2D eigenvalue weighted by Gasteiger charge is 2.16. The number of carboxylic acids is 1. The first-order valence-electron chi connectivity index (χ1n) is 6.34. The summed E-state index contributed by atoms with van der Waals surface area (Å²) in [6, 6.07) is 6.88. The van der Waals surface area contributed by atoms with Gasteiger partial charge in [0.1, 0.15) is 5.76 Å². The first kappa shape index (κ1) is 16.5. The molecule has 0 spiro atoms. The van der Waals surface area contributed by atoms with Crippen LogP contribution in [0, 0.1) is 6.92 Å². The number of aryl methyl sites for hydroxylation is 1. The third-order valence-corrected chi connectivity index (χ3v) is 4.09. The zero-order valence-electron chi connectivity index (χ0n) is 11.9. The number of aromatic nitrogens is 1. The highest BCUT2D eigenvalue weighted by molar-refractivity contribution is 7.92. The Kier molecular flexibility index (Phi) is 4.65. The molecule has 9 nitrogen and oxygen atoms in total. The largest absolute Gasteiger partial charge is 0.475 e. The Hall–Kier alpha value is -2.88. The van der Waals surface area contributed by atoms with Crippen molar-refractivity contribution in [2.75, 3.05) is 16.6 Å². The number of hydrogen-bond acceptors (Lipinski definition) is 7. The van der Waals surface area contributed by atoms with Crippen LogP contribution in [0.2, 0.25) is 0 Å². The molecule has 0 aliphatic rings. The van der Waals surface area contributed by atoms with Crippen LogP contribution in [0.4, 0.5) is 11.5 Å². The molecule has 0 atom stereocenters. The fourth-order valence-electron chi connectivity index (χ4n) is 1.62. The topological polar surface area (TPSA) is 139 Å². The van der Waals surface area contributed by atoms with E-state index < -0.39 is 28.3 Å². The van der Waals surface area contributed by atoms with Crippen LogP contribution < -0.4 is 10.0 Å². The molecule has 0 radical (unpaired) electrons. The third-order valence-electron chi connectivity index (χ3n) is 2.72. The fraction of sp³-hybridized carbons (Fsp3) is 0.154. The molecule has 10 heteroatoms. The van der Waals surface area contributed by atoms with Crippen molar-refractivity contribution in [1.29, 1.82) is 0 Å². The smallest absolute Gasteiger partial charge is 0.374 e. The van der Waals surface area contributed by atoms with Gasteiger partial charge < -0.3 is 14.9 Å². The van der Waals surface area contributed by atoms with Gasteiger partial charge in [-0.05, 0) is 31.2 Å². The van der Waals surface area contributed by atoms with Crippen LogP contribution in [0.15, 0.2) is 39.8 Å². The van der Waals surface area contributed by atoms with Gasteiger partial charge in [0.15, 0.2) is 5.82 Å². The molecule has 0 aliphatic carbocycles. The van der Waals surface area contributed by atoms with Gasteiger partial charge in [0.25, 0.3) is 15.8 Å². The molecule has 2 aromatic rings. The number of sulfonamides is 1. The lowest BCUT2D eigenvalue weighted by molar-refractivity contribution is -0.148. The van der Waals surface area contributed by atoms with Crippen LogP contribution in [-0.2, 0) is 19.6 Å². The normalized spacial score (nSPS) is 11.0. The lowest BCUT2D eigenvalue weighted by atomic mass is 10.3. The minimum atomic E-state index is -3.82. The molecule has 0 saturated carbocycles. The maximum Gasteiger partial charge on any atom is 0.374 e. The summed E-state index contributed by atoms with van der Waals surface area (Å²) in [4.78, 5) is 21.3. The number of Topliss-reactive ketones (excluding diaryl/α,β-unsaturated/α-hetero) is 1. The Balaban J connectivity index is 2.06. The van der Waals surface area contributed by atoms with Crippen LogP contribution in [0.5, 0.6) is 0 Å². The molecule has 3 N–H and O–H groups in total. The molecular formula is C13H13N3O6S. The molecule has 1 aromatic carbocycles. The number of anilines is 2. The van der Waals surface area contributed by atoms with Crippen molar-refractivity contribution < 1.29 is 27.6 Å². The van der Waals surface area contributed by atoms with E-state index in [9.17, 15) is 18.0 Å².